The number of amides is 1. The summed E-state index contributed by atoms with van der Waals surface area (Å²) in [5, 5.41) is 12.1. The van der Waals surface area contributed by atoms with E-state index in [1.54, 1.807) is 12.3 Å². The van der Waals surface area contributed by atoms with E-state index in [1.807, 2.05) is 6.92 Å². The Morgan fingerprint density at radius 3 is 3.00 bits per heavy atom. The van der Waals surface area contributed by atoms with Crippen molar-refractivity contribution in [2.24, 2.45) is 5.73 Å². The summed E-state index contributed by atoms with van der Waals surface area (Å²) < 4.78 is 5.07. The van der Waals surface area contributed by atoms with E-state index in [0.29, 0.717) is 11.4 Å². The van der Waals surface area contributed by atoms with Gasteiger partial charge in [0, 0.05) is 12.2 Å². The van der Waals surface area contributed by atoms with Crippen molar-refractivity contribution < 1.29 is 14.6 Å². The number of aliphatic hydroxyl groups excluding tert-OH is 1. The van der Waals surface area contributed by atoms with Crippen LogP contribution < -0.4 is 15.8 Å². The van der Waals surface area contributed by atoms with Gasteiger partial charge in [-0.3, -0.25) is 9.78 Å². The molecular formula is C10H15N3O3. The lowest BCUT2D eigenvalue weighted by Crippen LogP contribution is -2.34. The zero-order valence-corrected chi connectivity index (χ0v) is 9.23. The van der Waals surface area contributed by atoms with E-state index in [4.69, 9.17) is 10.5 Å². The number of aliphatic hydroxyl groups is 1. The highest BCUT2D eigenvalue weighted by Crippen LogP contribution is 2.23. The van der Waals surface area contributed by atoms with Crippen LogP contribution in [0.1, 0.15) is 5.69 Å². The Kier molecular flexibility index (Phi) is 4.07. The molecule has 1 aromatic rings. The SMILES string of the molecule is COc1cnc(C)cc1NCC(O)C(N)=O. The fourth-order valence-corrected chi connectivity index (χ4v) is 1.16. The molecule has 0 saturated heterocycles. The summed E-state index contributed by atoms with van der Waals surface area (Å²) in [7, 11) is 1.52. The monoisotopic (exact) mass is 225 g/mol. The lowest BCUT2D eigenvalue weighted by Gasteiger charge is -2.13. The molecule has 1 heterocycles. The lowest BCUT2D eigenvalue weighted by molar-refractivity contribution is -0.125. The quantitative estimate of drug-likeness (QED) is 0.636. The number of primary amides is 1. The second-order valence-electron chi connectivity index (χ2n) is 3.33. The molecule has 0 radical (unpaired) electrons. The maximum Gasteiger partial charge on any atom is 0.248 e. The number of carbonyl (C=O) groups is 1. The largest absolute Gasteiger partial charge is 0.493 e. The minimum absolute atomic E-state index is 0.0369. The van der Waals surface area contributed by atoms with Gasteiger partial charge in [0.05, 0.1) is 19.0 Å². The Bertz CT molecular complexity index is 382. The first-order valence-electron chi connectivity index (χ1n) is 4.76. The number of aromatic nitrogens is 1. The second kappa shape index (κ2) is 5.32. The van der Waals surface area contributed by atoms with E-state index in [0.717, 1.165) is 5.69 Å². The average Bonchev–Trinajstić information content (AvgIpc) is 2.25. The van der Waals surface area contributed by atoms with Gasteiger partial charge in [-0.15, -0.1) is 0 Å². The Balaban J connectivity index is 2.72. The van der Waals surface area contributed by atoms with Gasteiger partial charge in [-0.05, 0) is 13.0 Å². The van der Waals surface area contributed by atoms with E-state index in [-0.39, 0.29) is 6.54 Å². The summed E-state index contributed by atoms with van der Waals surface area (Å²) in [6.07, 6.45) is 0.340. The van der Waals surface area contributed by atoms with Gasteiger partial charge in [-0.25, -0.2) is 0 Å². The Morgan fingerprint density at radius 1 is 1.75 bits per heavy atom. The number of hydrogen-bond acceptors (Lipinski definition) is 5. The van der Waals surface area contributed by atoms with Crippen molar-refractivity contribution in [1.29, 1.82) is 0 Å². The Hall–Kier alpha value is -1.82. The van der Waals surface area contributed by atoms with Crippen LogP contribution >= 0.6 is 0 Å². The smallest absolute Gasteiger partial charge is 0.248 e. The fraction of sp³-hybridized carbons (Fsp3) is 0.400. The van der Waals surface area contributed by atoms with Crippen LogP contribution in [0.2, 0.25) is 0 Å². The normalized spacial score (nSPS) is 11.9. The summed E-state index contributed by atoms with van der Waals surface area (Å²) >= 11 is 0. The molecule has 16 heavy (non-hydrogen) atoms. The van der Waals surface area contributed by atoms with Crippen molar-refractivity contribution in [3.63, 3.8) is 0 Å². The first kappa shape index (κ1) is 12.3. The maximum absolute atomic E-state index is 10.6. The number of anilines is 1. The van der Waals surface area contributed by atoms with Gasteiger partial charge in [0.25, 0.3) is 0 Å². The topological polar surface area (TPSA) is 97.5 Å². The van der Waals surface area contributed by atoms with Crippen LogP contribution in [-0.2, 0) is 4.79 Å². The second-order valence-corrected chi connectivity index (χ2v) is 3.33. The van der Waals surface area contributed by atoms with Crippen LogP contribution in [0.5, 0.6) is 5.75 Å². The van der Waals surface area contributed by atoms with E-state index in [2.05, 4.69) is 10.3 Å². The van der Waals surface area contributed by atoms with E-state index >= 15 is 0 Å². The maximum atomic E-state index is 10.6. The molecule has 0 fully saturated rings. The summed E-state index contributed by atoms with van der Waals surface area (Å²) in [5.41, 5.74) is 6.39. The molecule has 0 spiro atoms. The molecule has 1 aromatic heterocycles. The first-order valence-corrected chi connectivity index (χ1v) is 4.76. The number of aryl methyl sites for hydroxylation is 1. The number of nitrogens with zero attached hydrogens (tertiary/aromatic N) is 1. The molecule has 1 atom stereocenters. The van der Waals surface area contributed by atoms with Crippen LogP contribution in [0.4, 0.5) is 5.69 Å². The van der Waals surface area contributed by atoms with Crippen LogP contribution in [0.15, 0.2) is 12.3 Å². The zero-order chi connectivity index (χ0) is 12.1. The van der Waals surface area contributed by atoms with E-state index in [9.17, 15) is 9.90 Å². The summed E-state index contributed by atoms with van der Waals surface area (Å²) in [5.74, 6) is -0.223. The highest BCUT2D eigenvalue weighted by atomic mass is 16.5. The third-order valence-electron chi connectivity index (χ3n) is 2.04. The van der Waals surface area contributed by atoms with Crippen molar-refractivity contribution in [2.75, 3.05) is 19.0 Å². The van der Waals surface area contributed by atoms with Crippen LogP contribution in [0.3, 0.4) is 0 Å². The van der Waals surface area contributed by atoms with Crippen molar-refractivity contribution in [3.05, 3.63) is 18.0 Å². The molecule has 0 bridgehead atoms. The molecule has 0 aromatic carbocycles. The van der Waals surface area contributed by atoms with Gasteiger partial charge in [-0.1, -0.05) is 0 Å². The van der Waals surface area contributed by atoms with Gasteiger partial charge < -0.3 is 20.9 Å². The fourth-order valence-electron chi connectivity index (χ4n) is 1.16. The Morgan fingerprint density at radius 2 is 2.44 bits per heavy atom. The molecule has 4 N–H and O–H groups in total. The number of pyridine rings is 1. The number of ether oxygens (including phenoxy) is 1. The predicted molar refractivity (Wildman–Crippen MR) is 59.2 cm³/mol. The van der Waals surface area contributed by atoms with E-state index in [1.165, 1.54) is 7.11 Å². The third-order valence-corrected chi connectivity index (χ3v) is 2.04. The molecular weight excluding hydrogens is 210 g/mol. The number of rotatable bonds is 5. The third kappa shape index (κ3) is 3.09. The average molecular weight is 225 g/mol. The molecule has 0 aliphatic rings. The lowest BCUT2D eigenvalue weighted by atomic mass is 10.3. The standard InChI is InChI=1S/C10H15N3O3/c1-6-3-7(9(16-2)5-12-6)13-4-8(14)10(11)15/h3,5,8,14H,4H2,1-2H3,(H2,11,15)(H,12,13). The van der Waals surface area contributed by atoms with Gasteiger partial charge in [0.1, 0.15) is 6.10 Å². The predicted octanol–water partition coefficient (Wildman–Crippen LogP) is -0.343. The van der Waals surface area contributed by atoms with Crippen LogP contribution in [-0.4, -0.2) is 35.8 Å². The van der Waals surface area contributed by atoms with Crippen LogP contribution in [0, 0.1) is 6.92 Å². The highest BCUT2D eigenvalue weighted by molar-refractivity contribution is 5.79. The summed E-state index contributed by atoms with van der Waals surface area (Å²) in [6.45, 7) is 1.87. The molecule has 0 saturated carbocycles. The molecule has 6 nitrogen and oxygen atoms in total. The minimum Gasteiger partial charge on any atom is -0.493 e. The number of methoxy groups -OCH3 is 1. The molecule has 88 valence electrons. The number of hydrogen-bond donors (Lipinski definition) is 3. The zero-order valence-electron chi connectivity index (χ0n) is 9.23. The first-order chi connectivity index (χ1) is 7.54. The highest BCUT2D eigenvalue weighted by Gasteiger charge is 2.11. The molecule has 1 rings (SSSR count). The van der Waals surface area contributed by atoms with Crippen LogP contribution in [0.25, 0.3) is 0 Å². The molecule has 0 aliphatic carbocycles. The van der Waals surface area contributed by atoms with Gasteiger partial charge in [0.2, 0.25) is 5.91 Å². The molecule has 6 heteroatoms. The summed E-state index contributed by atoms with van der Waals surface area (Å²) in [4.78, 5) is 14.7. The molecule has 0 aliphatic heterocycles. The minimum atomic E-state index is -1.22. The number of nitrogens with two attached hydrogens (primary N) is 1. The van der Waals surface area contributed by atoms with Crippen molar-refractivity contribution in [1.82, 2.24) is 4.98 Å². The molecule has 1 amide bonds. The molecule has 1 unspecified atom stereocenters. The summed E-state index contributed by atoms with van der Waals surface area (Å²) in [6, 6.07) is 1.76. The van der Waals surface area contributed by atoms with Gasteiger partial charge in [0.15, 0.2) is 5.75 Å². The van der Waals surface area contributed by atoms with Crippen molar-refractivity contribution in [3.8, 4) is 5.75 Å². The Labute approximate surface area is 93.4 Å². The van der Waals surface area contributed by atoms with Crippen molar-refractivity contribution in [2.45, 2.75) is 13.0 Å². The van der Waals surface area contributed by atoms with Crippen molar-refractivity contribution >= 4 is 11.6 Å². The van der Waals surface area contributed by atoms with Gasteiger partial charge in [-0.2, -0.15) is 0 Å². The number of carbonyl (C=O) groups excluding carboxylic acids is 1. The van der Waals surface area contributed by atoms with E-state index < -0.39 is 12.0 Å². The number of nitrogens with one attached hydrogen (secondary N) is 1. The van der Waals surface area contributed by atoms with Gasteiger partial charge >= 0.3 is 0 Å².